The average molecular weight is 214 g/mol. The minimum Gasteiger partial charge on any atom is -0.396 e. The number of hydrogen-bond acceptors (Lipinski definition) is 3. The van der Waals surface area contributed by atoms with E-state index >= 15 is 0 Å². The Morgan fingerprint density at radius 1 is 1.20 bits per heavy atom. The fourth-order valence-electron chi connectivity index (χ4n) is 2.11. The number of nitrogens with one attached hydrogen (secondary N) is 1. The van der Waals surface area contributed by atoms with Gasteiger partial charge in [-0.15, -0.1) is 0 Å². The number of nitrogens with zero attached hydrogens (tertiary/aromatic N) is 1. The quantitative estimate of drug-likeness (QED) is 0.623. The van der Waals surface area contributed by atoms with Crippen molar-refractivity contribution in [1.82, 2.24) is 10.2 Å². The van der Waals surface area contributed by atoms with Gasteiger partial charge in [-0.3, -0.25) is 0 Å². The van der Waals surface area contributed by atoms with Gasteiger partial charge in [-0.05, 0) is 71.2 Å². The highest BCUT2D eigenvalue weighted by Crippen LogP contribution is 2.14. The molecule has 0 aromatic heterocycles. The van der Waals surface area contributed by atoms with Crippen molar-refractivity contribution in [3.8, 4) is 0 Å². The van der Waals surface area contributed by atoms with E-state index in [1.54, 1.807) is 0 Å². The summed E-state index contributed by atoms with van der Waals surface area (Å²) in [4.78, 5) is 2.41. The zero-order valence-corrected chi connectivity index (χ0v) is 10.0. The summed E-state index contributed by atoms with van der Waals surface area (Å²) in [6.07, 6.45) is 6.00. The SMILES string of the molecule is CN1CCC(CNCCCCCO)CC1. The molecule has 0 saturated carbocycles. The van der Waals surface area contributed by atoms with Crippen molar-refractivity contribution >= 4 is 0 Å². The zero-order valence-electron chi connectivity index (χ0n) is 10.0. The number of rotatable bonds is 7. The third kappa shape index (κ3) is 6.13. The lowest BCUT2D eigenvalue weighted by Gasteiger charge is -2.29. The van der Waals surface area contributed by atoms with E-state index in [0.717, 1.165) is 25.3 Å². The van der Waals surface area contributed by atoms with Crippen LogP contribution in [0.3, 0.4) is 0 Å². The molecule has 15 heavy (non-hydrogen) atoms. The van der Waals surface area contributed by atoms with Crippen molar-refractivity contribution in [2.45, 2.75) is 32.1 Å². The maximum Gasteiger partial charge on any atom is 0.0431 e. The molecule has 0 spiro atoms. The summed E-state index contributed by atoms with van der Waals surface area (Å²) in [5.74, 6) is 0.888. The number of aliphatic hydroxyl groups is 1. The second-order valence-electron chi connectivity index (χ2n) is 4.74. The summed E-state index contributed by atoms with van der Waals surface area (Å²) in [5.41, 5.74) is 0. The summed E-state index contributed by atoms with van der Waals surface area (Å²) in [5, 5.41) is 12.2. The fraction of sp³-hybridized carbons (Fsp3) is 1.00. The van der Waals surface area contributed by atoms with E-state index in [1.165, 1.54) is 38.9 Å². The highest BCUT2D eigenvalue weighted by molar-refractivity contribution is 4.71. The molecule has 0 bridgehead atoms. The van der Waals surface area contributed by atoms with Crippen molar-refractivity contribution in [3.63, 3.8) is 0 Å². The van der Waals surface area contributed by atoms with Gasteiger partial charge in [-0.1, -0.05) is 0 Å². The molecule has 0 unspecified atom stereocenters. The van der Waals surface area contributed by atoms with Gasteiger partial charge in [-0.25, -0.2) is 0 Å². The molecule has 90 valence electrons. The van der Waals surface area contributed by atoms with E-state index in [1.807, 2.05) is 0 Å². The van der Waals surface area contributed by atoms with Crippen LogP contribution in [-0.2, 0) is 0 Å². The van der Waals surface area contributed by atoms with Crippen LogP contribution in [0.1, 0.15) is 32.1 Å². The van der Waals surface area contributed by atoms with E-state index in [2.05, 4.69) is 17.3 Å². The first-order valence-electron chi connectivity index (χ1n) is 6.33. The van der Waals surface area contributed by atoms with Crippen LogP contribution in [0.15, 0.2) is 0 Å². The van der Waals surface area contributed by atoms with E-state index in [-0.39, 0.29) is 0 Å². The molecule has 1 rings (SSSR count). The van der Waals surface area contributed by atoms with Crippen LogP contribution in [-0.4, -0.2) is 49.8 Å². The van der Waals surface area contributed by atoms with Crippen molar-refractivity contribution in [2.24, 2.45) is 5.92 Å². The van der Waals surface area contributed by atoms with Gasteiger partial charge in [-0.2, -0.15) is 0 Å². The minimum atomic E-state index is 0.342. The van der Waals surface area contributed by atoms with Crippen molar-refractivity contribution in [3.05, 3.63) is 0 Å². The number of likely N-dealkylation sites (tertiary alicyclic amines) is 1. The topological polar surface area (TPSA) is 35.5 Å². The molecule has 1 heterocycles. The standard InChI is InChI=1S/C12H26N2O/c1-14-8-5-12(6-9-14)11-13-7-3-2-4-10-15/h12-13,15H,2-11H2,1H3. The van der Waals surface area contributed by atoms with Gasteiger partial charge in [0.1, 0.15) is 0 Å². The van der Waals surface area contributed by atoms with Crippen LogP contribution in [0, 0.1) is 5.92 Å². The molecule has 0 radical (unpaired) electrons. The molecule has 3 nitrogen and oxygen atoms in total. The Labute approximate surface area is 93.9 Å². The highest BCUT2D eigenvalue weighted by atomic mass is 16.2. The maximum atomic E-state index is 8.63. The lowest BCUT2D eigenvalue weighted by molar-refractivity contribution is 0.216. The Hall–Kier alpha value is -0.120. The number of piperidine rings is 1. The number of unbranched alkanes of at least 4 members (excludes halogenated alkanes) is 2. The van der Waals surface area contributed by atoms with E-state index in [4.69, 9.17) is 5.11 Å². The molecule has 1 fully saturated rings. The lowest BCUT2D eigenvalue weighted by atomic mass is 9.97. The summed E-state index contributed by atoms with van der Waals surface area (Å²) >= 11 is 0. The molecular formula is C12H26N2O. The van der Waals surface area contributed by atoms with Crippen LogP contribution < -0.4 is 5.32 Å². The van der Waals surface area contributed by atoms with Gasteiger partial charge in [0.05, 0.1) is 0 Å². The van der Waals surface area contributed by atoms with Crippen LogP contribution in [0.25, 0.3) is 0 Å². The van der Waals surface area contributed by atoms with Crippen LogP contribution in [0.5, 0.6) is 0 Å². The predicted octanol–water partition coefficient (Wildman–Crippen LogP) is 1.08. The Balaban J connectivity index is 1.87. The van der Waals surface area contributed by atoms with Crippen LogP contribution >= 0.6 is 0 Å². The van der Waals surface area contributed by atoms with E-state index in [0.29, 0.717) is 6.61 Å². The van der Waals surface area contributed by atoms with Gasteiger partial charge in [0, 0.05) is 6.61 Å². The first-order valence-corrected chi connectivity index (χ1v) is 6.33. The monoisotopic (exact) mass is 214 g/mol. The van der Waals surface area contributed by atoms with Gasteiger partial charge >= 0.3 is 0 Å². The zero-order chi connectivity index (χ0) is 10.9. The molecular weight excluding hydrogens is 188 g/mol. The molecule has 1 saturated heterocycles. The van der Waals surface area contributed by atoms with Gasteiger partial charge in [0.25, 0.3) is 0 Å². The molecule has 0 aromatic carbocycles. The molecule has 1 aliphatic heterocycles. The molecule has 0 amide bonds. The second kappa shape index (κ2) is 8.08. The van der Waals surface area contributed by atoms with Crippen molar-refractivity contribution in [1.29, 1.82) is 0 Å². The lowest BCUT2D eigenvalue weighted by Crippen LogP contribution is -2.35. The van der Waals surface area contributed by atoms with Crippen molar-refractivity contribution in [2.75, 3.05) is 39.8 Å². The number of hydrogen-bond donors (Lipinski definition) is 2. The largest absolute Gasteiger partial charge is 0.396 e. The highest BCUT2D eigenvalue weighted by Gasteiger charge is 2.15. The molecule has 0 aliphatic carbocycles. The Kier molecular flexibility index (Phi) is 6.98. The summed E-state index contributed by atoms with van der Waals surface area (Å²) in [6.45, 7) is 5.17. The summed E-state index contributed by atoms with van der Waals surface area (Å²) in [6, 6.07) is 0. The first-order chi connectivity index (χ1) is 7.33. The Bertz CT molecular complexity index is 145. The summed E-state index contributed by atoms with van der Waals surface area (Å²) in [7, 11) is 2.21. The average Bonchev–Trinajstić information content (AvgIpc) is 2.26. The molecule has 0 atom stereocenters. The maximum absolute atomic E-state index is 8.63. The van der Waals surface area contributed by atoms with Gasteiger partial charge < -0.3 is 15.3 Å². The first kappa shape index (κ1) is 12.9. The Morgan fingerprint density at radius 3 is 2.60 bits per heavy atom. The van der Waals surface area contributed by atoms with Crippen LogP contribution in [0.2, 0.25) is 0 Å². The molecule has 0 aromatic rings. The van der Waals surface area contributed by atoms with Gasteiger partial charge in [0.15, 0.2) is 0 Å². The van der Waals surface area contributed by atoms with Gasteiger partial charge in [0.2, 0.25) is 0 Å². The van der Waals surface area contributed by atoms with Crippen LogP contribution in [0.4, 0.5) is 0 Å². The van der Waals surface area contributed by atoms with E-state index < -0.39 is 0 Å². The second-order valence-corrected chi connectivity index (χ2v) is 4.74. The third-order valence-corrected chi connectivity index (χ3v) is 3.28. The summed E-state index contributed by atoms with van der Waals surface area (Å²) < 4.78 is 0. The van der Waals surface area contributed by atoms with E-state index in [9.17, 15) is 0 Å². The minimum absolute atomic E-state index is 0.342. The fourth-order valence-corrected chi connectivity index (χ4v) is 2.11. The molecule has 1 aliphatic rings. The third-order valence-electron chi connectivity index (χ3n) is 3.28. The smallest absolute Gasteiger partial charge is 0.0431 e. The number of aliphatic hydroxyl groups excluding tert-OH is 1. The molecule has 2 N–H and O–H groups in total. The Morgan fingerprint density at radius 2 is 1.93 bits per heavy atom. The normalized spacial score (nSPS) is 19.6. The van der Waals surface area contributed by atoms with Crippen molar-refractivity contribution < 1.29 is 5.11 Å². The predicted molar refractivity (Wildman–Crippen MR) is 64.0 cm³/mol. The molecule has 3 heteroatoms.